The van der Waals surface area contributed by atoms with Gasteiger partial charge in [-0.3, -0.25) is 9.59 Å². The molecule has 0 unspecified atom stereocenters. The van der Waals surface area contributed by atoms with Crippen LogP contribution in [0.25, 0.3) is 0 Å². The lowest BCUT2D eigenvalue weighted by molar-refractivity contribution is -0.114. The van der Waals surface area contributed by atoms with E-state index in [1.54, 1.807) is 0 Å². The van der Waals surface area contributed by atoms with Crippen LogP contribution in [-0.2, 0) is 4.79 Å². The van der Waals surface area contributed by atoms with Gasteiger partial charge in [-0.25, -0.2) is 4.39 Å². The van der Waals surface area contributed by atoms with E-state index in [2.05, 4.69) is 5.32 Å². The summed E-state index contributed by atoms with van der Waals surface area (Å²) in [5.74, 6) is -2.08. The lowest BCUT2D eigenvalue weighted by Crippen LogP contribution is -2.06. The van der Waals surface area contributed by atoms with E-state index >= 15 is 0 Å². The highest BCUT2D eigenvalue weighted by atomic mass is 19.1. The highest BCUT2D eigenvalue weighted by molar-refractivity contribution is 5.92. The molecule has 1 amide bonds. The number of halogens is 1. The Labute approximate surface area is 79.4 Å². The third-order valence-corrected chi connectivity index (χ3v) is 1.53. The van der Waals surface area contributed by atoms with Crippen molar-refractivity contribution in [2.45, 2.75) is 6.92 Å². The van der Waals surface area contributed by atoms with Gasteiger partial charge >= 0.3 is 0 Å². The van der Waals surface area contributed by atoms with E-state index in [-0.39, 0.29) is 11.3 Å². The molecule has 0 aliphatic carbocycles. The fraction of sp³-hybridized carbons (Fsp3) is 0.111. The normalized spacial score (nSPS) is 9.57. The molecule has 0 atom stereocenters. The summed E-state index contributed by atoms with van der Waals surface area (Å²) in [4.78, 5) is 21.0. The van der Waals surface area contributed by atoms with E-state index in [9.17, 15) is 14.0 Å². The fourth-order valence-electron chi connectivity index (χ4n) is 0.973. The molecular weight excluding hydrogens is 189 g/mol. The second kappa shape index (κ2) is 3.87. The summed E-state index contributed by atoms with van der Waals surface area (Å²) in [5, 5.41) is 11.4. The molecule has 0 saturated carbocycles. The lowest BCUT2D eigenvalue weighted by atomic mass is 10.2. The first-order valence-corrected chi connectivity index (χ1v) is 3.80. The lowest BCUT2D eigenvalue weighted by Gasteiger charge is -2.06. The molecule has 0 aliphatic rings. The zero-order valence-electron chi connectivity index (χ0n) is 7.37. The van der Waals surface area contributed by atoms with Crippen molar-refractivity contribution in [1.82, 2.24) is 0 Å². The molecule has 0 heterocycles. The number of phenols is 1. The molecule has 14 heavy (non-hydrogen) atoms. The van der Waals surface area contributed by atoms with Crippen LogP contribution in [-0.4, -0.2) is 17.3 Å². The van der Waals surface area contributed by atoms with Crippen molar-refractivity contribution in [2.75, 3.05) is 5.32 Å². The molecule has 0 spiro atoms. The van der Waals surface area contributed by atoms with Gasteiger partial charge in [-0.05, 0) is 12.1 Å². The molecule has 1 aromatic carbocycles. The number of nitrogens with one attached hydrogen (secondary N) is 1. The zero-order chi connectivity index (χ0) is 10.7. The molecule has 0 aliphatic heterocycles. The summed E-state index contributed by atoms with van der Waals surface area (Å²) in [6.07, 6.45) is 0.424. The number of anilines is 1. The Kier molecular flexibility index (Phi) is 2.81. The van der Waals surface area contributed by atoms with Crippen LogP contribution in [0.1, 0.15) is 17.3 Å². The zero-order valence-corrected chi connectivity index (χ0v) is 7.37. The number of phenolic OH excluding ortho intramolecular Hbond substituents is 1. The van der Waals surface area contributed by atoms with Gasteiger partial charge in [-0.15, -0.1) is 0 Å². The van der Waals surface area contributed by atoms with Gasteiger partial charge in [-0.1, -0.05) is 0 Å². The van der Waals surface area contributed by atoms with Crippen molar-refractivity contribution in [3.63, 3.8) is 0 Å². The van der Waals surface area contributed by atoms with Gasteiger partial charge in [-0.2, -0.15) is 0 Å². The van der Waals surface area contributed by atoms with Gasteiger partial charge in [0.2, 0.25) is 5.91 Å². The highest BCUT2D eigenvalue weighted by Gasteiger charge is 2.10. The van der Waals surface area contributed by atoms with Gasteiger partial charge < -0.3 is 10.4 Å². The van der Waals surface area contributed by atoms with Gasteiger partial charge in [0.15, 0.2) is 11.6 Å². The first-order chi connectivity index (χ1) is 6.54. The van der Waals surface area contributed by atoms with E-state index in [1.807, 2.05) is 0 Å². The average molecular weight is 197 g/mol. The van der Waals surface area contributed by atoms with Gasteiger partial charge in [0.25, 0.3) is 0 Å². The number of carbonyl (C=O) groups excluding carboxylic acids is 2. The minimum atomic E-state index is -0.946. The Bertz CT molecular complexity index is 390. The fourth-order valence-corrected chi connectivity index (χ4v) is 0.973. The van der Waals surface area contributed by atoms with Crippen LogP contribution in [0.15, 0.2) is 12.1 Å². The molecule has 5 heteroatoms. The first kappa shape index (κ1) is 10.2. The van der Waals surface area contributed by atoms with Crippen LogP contribution in [0.5, 0.6) is 5.75 Å². The van der Waals surface area contributed by atoms with Crippen LogP contribution in [0.3, 0.4) is 0 Å². The van der Waals surface area contributed by atoms with Crippen LogP contribution in [0, 0.1) is 5.82 Å². The maximum Gasteiger partial charge on any atom is 0.221 e. The Morgan fingerprint density at radius 2 is 2.21 bits per heavy atom. The van der Waals surface area contributed by atoms with Crippen LogP contribution in [0.4, 0.5) is 10.1 Å². The highest BCUT2D eigenvalue weighted by Crippen LogP contribution is 2.27. The summed E-state index contributed by atoms with van der Waals surface area (Å²) < 4.78 is 12.9. The predicted octanol–water partition coefficient (Wildman–Crippen LogP) is 1.30. The van der Waals surface area contributed by atoms with E-state index in [4.69, 9.17) is 5.11 Å². The van der Waals surface area contributed by atoms with Gasteiger partial charge in [0, 0.05) is 12.5 Å². The van der Waals surface area contributed by atoms with E-state index < -0.39 is 17.5 Å². The SMILES string of the molecule is CC(=O)Nc1cc(C=O)cc(F)c1O. The second-order valence-corrected chi connectivity index (χ2v) is 2.70. The van der Waals surface area contributed by atoms with E-state index in [1.165, 1.54) is 13.0 Å². The molecule has 1 aromatic rings. The summed E-state index contributed by atoms with van der Waals surface area (Å²) in [6, 6.07) is 2.07. The summed E-state index contributed by atoms with van der Waals surface area (Å²) in [7, 11) is 0. The molecule has 0 aromatic heterocycles. The number of rotatable bonds is 2. The summed E-state index contributed by atoms with van der Waals surface area (Å²) >= 11 is 0. The minimum absolute atomic E-state index is 0.0454. The first-order valence-electron chi connectivity index (χ1n) is 3.80. The van der Waals surface area contributed by atoms with Crippen molar-refractivity contribution in [1.29, 1.82) is 0 Å². The minimum Gasteiger partial charge on any atom is -0.503 e. The Morgan fingerprint density at radius 1 is 1.57 bits per heavy atom. The van der Waals surface area contributed by atoms with Crippen molar-refractivity contribution < 1.29 is 19.1 Å². The molecule has 0 radical (unpaired) electrons. The molecule has 0 fully saturated rings. The van der Waals surface area contributed by atoms with Gasteiger partial charge in [0.05, 0.1) is 5.69 Å². The third-order valence-electron chi connectivity index (χ3n) is 1.53. The Hall–Kier alpha value is -1.91. The standard InChI is InChI=1S/C9H8FNO3/c1-5(13)11-8-3-6(4-12)2-7(10)9(8)14/h2-4,14H,1H3,(H,11,13). The largest absolute Gasteiger partial charge is 0.503 e. The molecular formula is C9H8FNO3. The number of carbonyl (C=O) groups is 2. The predicted molar refractivity (Wildman–Crippen MR) is 47.8 cm³/mol. The molecule has 1 rings (SSSR count). The maximum absolute atomic E-state index is 12.9. The Balaban J connectivity index is 3.19. The van der Waals surface area contributed by atoms with Crippen molar-refractivity contribution in [3.05, 3.63) is 23.5 Å². The summed E-state index contributed by atoms with van der Waals surface area (Å²) in [6.45, 7) is 1.21. The summed E-state index contributed by atoms with van der Waals surface area (Å²) in [5.41, 5.74) is -0.0661. The van der Waals surface area contributed by atoms with Crippen LogP contribution >= 0.6 is 0 Å². The van der Waals surface area contributed by atoms with Crippen molar-refractivity contribution >= 4 is 17.9 Å². The molecule has 2 N–H and O–H groups in total. The number of aldehydes is 1. The number of amides is 1. The monoisotopic (exact) mass is 197 g/mol. The van der Waals surface area contributed by atoms with Crippen LogP contribution < -0.4 is 5.32 Å². The molecule has 0 bridgehead atoms. The second-order valence-electron chi connectivity index (χ2n) is 2.70. The Morgan fingerprint density at radius 3 is 2.71 bits per heavy atom. The maximum atomic E-state index is 12.9. The quantitative estimate of drug-likeness (QED) is 0.554. The molecule has 74 valence electrons. The average Bonchev–Trinajstić information content (AvgIpc) is 2.11. The number of hydrogen-bond acceptors (Lipinski definition) is 3. The number of aromatic hydroxyl groups is 1. The van der Waals surface area contributed by atoms with Crippen LogP contribution in [0.2, 0.25) is 0 Å². The van der Waals surface area contributed by atoms with E-state index in [0.717, 1.165) is 6.07 Å². The van der Waals surface area contributed by atoms with E-state index in [0.29, 0.717) is 6.29 Å². The smallest absolute Gasteiger partial charge is 0.221 e. The number of benzene rings is 1. The molecule has 4 nitrogen and oxygen atoms in total. The molecule has 0 saturated heterocycles. The van der Waals surface area contributed by atoms with Crippen molar-refractivity contribution in [2.24, 2.45) is 0 Å². The topological polar surface area (TPSA) is 66.4 Å². The van der Waals surface area contributed by atoms with Crippen molar-refractivity contribution in [3.8, 4) is 5.75 Å². The van der Waals surface area contributed by atoms with Gasteiger partial charge in [0.1, 0.15) is 6.29 Å². The third kappa shape index (κ3) is 2.07. The number of hydrogen-bond donors (Lipinski definition) is 2.